The number of rotatable bonds is 7. The molecule has 3 aromatic carbocycles. The summed E-state index contributed by atoms with van der Waals surface area (Å²) in [4.78, 5) is 32.7. The summed E-state index contributed by atoms with van der Waals surface area (Å²) in [5, 5.41) is 12.3. The third kappa shape index (κ3) is 4.47. The first-order valence-electron chi connectivity index (χ1n) is 11.6. The summed E-state index contributed by atoms with van der Waals surface area (Å²) in [5.74, 6) is -1.18. The molecule has 1 unspecified atom stereocenters. The lowest BCUT2D eigenvalue weighted by molar-refractivity contribution is -0.132. The smallest absolute Gasteiger partial charge is 0.301 e. The van der Waals surface area contributed by atoms with Crippen molar-refractivity contribution in [3.63, 3.8) is 0 Å². The van der Waals surface area contributed by atoms with E-state index in [1.54, 1.807) is 42.5 Å². The summed E-state index contributed by atoms with van der Waals surface area (Å²) in [6.45, 7) is 2.63. The van der Waals surface area contributed by atoms with E-state index in [1.807, 2.05) is 30.3 Å². The highest BCUT2D eigenvalue weighted by molar-refractivity contribution is 7.22. The Morgan fingerprint density at radius 2 is 1.89 bits per heavy atom. The molecule has 5 rings (SSSR count). The number of anilines is 1. The van der Waals surface area contributed by atoms with Gasteiger partial charge in [-0.2, -0.15) is 0 Å². The van der Waals surface area contributed by atoms with Gasteiger partial charge in [0.2, 0.25) is 0 Å². The van der Waals surface area contributed by atoms with Crippen LogP contribution in [0, 0.1) is 0 Å². The van der Waals surface area contributed by atoms with Crippen LogP contribution >= 0.6 is 22.9 Å². The second kappa shape index (κ2) is 10.1. The third-order valence-electron chi connectivity index (χ3n) is 5.98. The van der Waals surface area contributed by atoms with Crippen molar-refractivity contribution < 1.29 is 19.4 Å². The lowest BCUT2D eigenvalue weighted by Crippen LogP contribution is -2.29. The van der Waals surface area contributed by atoms with E-state index in [0.29, 0.717) is 39.2 Å². The van der Waals surface area contributed by atoms with Crippen molar-refractivity contribution in [2.45, 2.75) is 25.8 Å². The summed E-state index contributed by atoms with van der Waals surface area (Å²) in [5.41, 5.74) is 1.77. The number of amides is 1. The second-order valence-corrected chi connectivity index (χ2v) is 9.86. The molecule has 0 radical (unpaired) electrons. The van der Waals surface area contributed by atoms with Crippen LogP contribution < -0.4 is 9.64 Å². The van der Waals surface area contributed by atoms with Gasteiger partial charge in [-0.05, 0) is 42.3 Å². The molecule has 1 aliphatic rings. The van der Waals surface area contributed by atoms with Crippen LogP contribution in [-0.2, 0) is 9.59 Å². The van der Waals surface area contributed by atoms with E-state index in [9.17, 15) is 14.7 Å². The molecule has 6 nitrogen and oxygen atoms in total. The molecule has 0 spiro atoms. The predicted molar refractivity (Wildman–Crippen MR) is 143 cm³/mol. The number of benzene rings is 3. The summed E-state index contributed by atoms with van der Waals surface area (Å²) < 4.78 is 6.57. The Balaban J connectivity index is 1.63. The van der Waals surface area contributed by atoms with E-state index in [4.69, 9.17) is 16.3 Å². The van der Waals surface area contributed by atoms with Crippen LogP contribution in [0.5, 0.6) is 5.75 Å². The van der Waals surface area contributed by atoms with Crippen LogP contribution in [-0.4, -0.2) is 28.4 Å². The Morgan fingerprint density at radius 3 is 2.67 bits per heavy atom. The molecule has 1 N–H and O–H groups in total. The van der Waals surface area contributed by atoms with Gasteiger partial charge in [0.05, 0.1) is 28.4 Å². The number of hydrogen-bond donors (Lipinski definition) is 1. The number of carbonyl (C=O) groups is 2. The molecule has 0 saturated carbocycles. The van der Waals surface area contributed by atoms with Crippen molar-refractivity contribution in [3.8, 4) is 5.75 Å². The van der Waals surface area contributed by atoms with Crippen LogP contribution in [0.2, 0.25) is 5.02 Å². The van der Waals surface area contributed by atoms with Crippen molar-refractivity contribution >= 4 is 55.7 Å². The minimum Gasteiger partial charge on any atom is -0.507 e. The van der Waals surface area contributed by atoms with E-state index in [2.05, 4.69) is 11.9 Å². The standard InChI is InChI=1S/C28H23ClN2O4S/c1-2-3-14-35-20-11-7-10-18(15-20)25(32)23-24(17-8-5-4-6-9-17)31(27(34)26(23)33)28-30-21-13-12-19(29)16-22(21)36-28/h4-13,15-16,24,32H,2-3,14H2,1H3. The Labute approximate surface area is 217 Å². The number of carbonyl (C=O) groups excluding carboxylic acids is 2. The number of ether oxygens (including phenoxy) is 1. The Hall–Kier alpha value is -3.68. The van der Waals surface area contributed by atoms with Gasteiger partial charge in [-0.25, -0.2) is 4.98 Å². The minimum absolute atomic E-state index is 0.00852. The molecule has 0 aliphatic carbocycles. The first-order chi connectivity index (χ1) is 17.5. The minimum atomic E-state index is -0.841. The fourth-order valence-corrected chi connectivity index (χ4v) is 5.46. The van der Waals surface area contributed by atoms with Crippen LogP contribution in [0.25, 0.3) is 16.0 Å². The average Bonchev–Trinajstić information content (AvgIpc) is 3.42. The summed E-state index contributed by atoms with van der Waals surface area (Å²) in [6.07, 6.45) is 1.90. The predicted octanol–water partition coefficient (Wildman–Crippen LogP) is 6.75. The maximum Gasteiger partial charge on any atom is 0.301 e. The van der Waals surface area contributed by atoms with Gasteiger partial charge in [-0.1, -0.05) is 78.7 Å². The van der Waals surface area contributed by atoms with Gasteiger partial charge in [0, 0.05) is 10.6 Å². The number of aliphatic hydroxyl groups excluding tert-OH is 1. The van der Waals surface area contributed by atoms with Gasteiger partial charge in [-0.3, -0.25) is 14.5 Å². The Kier molecular flexibility index (Phi) is 6.76. The van der Waals surface area contributed by atoms with Gasteiger partial charge in [0.15, 0.2) is 5.13 Å². The number of ketones is 1. The summed E-state index contributed by atoms with van der Waals surface area (Å²) >= 11 is 7.41. The number of aliphatic hydroxyl groups is 1. The average molecular weight is 519 g/mol. The summed E-state index contributed by atoms with van der Waals surface area (Å²) in [7, 11) is 0. The van der Waals surface area contributed by atoms with Crippen LogP contribution in [0.3, 0.4) is 0 Å². The SMILES string of the molecule is CCCCOc1cccc(C(O)=C2C(=O)C(=O)N(c3nc4ccc(Cl)cc4s3)C2c2ccccc2)c1. The Bertz CT molecular complexity index is 1480. The van der Waals surface area contributed by atoms with Gasteiger partial charge in [0.1, 0.15) is 11.5 Å². The third-order valence-corrected chi connectivity index (χ3v) is 7.23. The van der Waals surface area contributed by atoms with E-state index in [1.165, 1.54) is 16.2 Å². The van der Waals surface area contributed by atoms with E-state index < -0.39 is 17.7 Å². The topological polar surface area (TPSA) is 79.7 Å². The first kappa shape index (κ1) is 24.0. The zero-order valence-electron chi connectivity index (χ0n) is 19.5. The lowest BCUT2D eigenvalue weighted by atomic mass is 9.95. The number of hydrogen-bond acceptors (Lipinski definition) is 6. The fraction of sp³-hybridized carbons (Fsp3) is 0.179. The number of thiazole rings is 1. The molecule has 1 atom stereocenters. The first-order valence-corrected chi connectivity index (χ1v) is 12.8. The maximum atomic E-state index is 13.4. The molecule has 4 aromatic rings. The molecule has 1 amide bonds. The Morgan fingerprint density at radius 1 is 1.08 bits per heavy atom. The maximum absolute atomic E-state index is 13.4. The van der Waals surface area contributed by atoms with Crippen LogP contribution in [0.4, 0.5) is 5.13 Å². The molecule has 182 valence electrons. The van der Waals surface area contributed by atoms with Crippen molar-refractivity contribution in [2.24, 2.45) is 0 Å². The molecule has 1 aliphatic heterocycles. The normalized spacial score (nSPS) is 17.2. The number of aromatic nitrogens is 1. The molecule has 1 saturated heterocycles. The number of Topliss-reactive ketones (excluding diaryl/α,β-unsaturated/α-hetero) is 1. The van der Waals surface area contributed by atoms with Gasteiger partial charge in [0.25, 0.3) is 5.78 Å². The zero-order valence-corrected chi connectivity index (χ0v) is 21.1. The second-order valence-electron chi connectivity index (χ2n) is 8.42. The van der Waals surface area contributed by atoms with Crippen LogP contribution in [0.1, 0.15) is 36.9 Å². The van der Waals surface area contributed by atoms with Crippen molar-refractivity contribution in [2.75, 3.05) is 11.5 Å². The van der Waals surface area contributed by atoms with Crippen molar-refractivity contribution in [1.82, 2.24) is 4.98 Å². The monoisotopic (exact) mass is 518 g/mol. The zero-order chi connectivity index (χ0) is 25.2. The van der Waals surface area contributed by atoms with Crippen LogP contribution in [0.15, 0.2) is 78.4 Å². The van der Waals surface area contributed by atoms with E-state index in [-0.39, 0.29) is 11.3 Å². The molecular formula is C28H23ClN2O4S. The van der Waals surface area contributed by atoms with Gasteiger partial charge < -0.3 is 9.84 Å². The molecular weight excluding hydrogens is 496 g/mol. The van der Waals surface area contributed by atoms with E-state index >= 15 is 0 Å². The fourth-order valence-electron chi connectivity index (χ4n) is 4.19. The largest absolute Gasteiger partial charge is 0.507 e. The number of fused-ring (bicyclic) bond motifs is 1. The van der Waals surface area contributed by atoms with Gasteiger partial charge >= 0.3 is 5.91 Å². The van der Waals surface area contributed by atoms with E-state index in [0.717, 1.165) is 17.5 Å². The molecule has 1 aromatic heterocycles. The summed E-state index contributed by atoms with van der Waals surface area (Å²) in [6, 6.07) is 20.5. The molecule has 1 fully saturated rings. The highest BCUT2D eigenvalue weighted by Gasteiger charge is 2.48. The number of nitrogens with zero attached hydrogens (tertiary/aromatic N) is 2. The van der Waals surface area contributed by atoms with Crippen molar-refractivity contribution in [1.29, 1.82) is 0 Å². The highest BCUT2D eigenvalue weighted by Crippen LogP contribution is 2.44. The molecule has 0 bridgehead atoms. The molecule has 36 heavy (non-hydrogen) atoms. The quantitative estimate of drug-likeness (QED) is 0.127. The molecule has 8 heteroatoms. The lowest BCUT2D eigenvalue weighted by Gasteiger charge is -2.23. The number of unbranched alkanes of at least 4 members (excludes halogenated alkanes) is 1. The van der Waals surface area contributed by atoms with Crippen molar-refractivity contribution in [3.05, 3.63) is 94.5 Å². The molecule has 2 heterocycles. The van der Waals surface area contributed by atoms with Gasteiger partial charge in [-0.15, -0.1) is 0 Å². The number of halogens is 1. The highest BCUT2D eigenvalue weighted by atomic mass is 35.5.